The Hall–Kier alpha value is -1.00. The van der Waals surface area contributed by atoms with Crippen molar-refractivity contribution in [2.24, 2.45) is 0 Å². The van der Waals surface area contributed by atoms with Crippen LogP contribution >= 0.6 is 31.9 Å². The second-order valence-electron chi connectivity index (χ2n) is 4.99. The predicted octanol–water partition coefficient (Wildman–Crippen LogP) is 5.57. The van der Waals surface area contributed by atoms with Gasteiger partial charge in [-0.2, -0.15) is 0 Å². The molecule has 0 aliphatic rings. The monoisotopic (exact) mass is 412 g/mol. The quantitative estimate of drug-likeness (QED) is 0.610. The molecule has 0 aliphatic heterocycles. The largest absolute Gasteiger partial charge is 0.495 e. The second kappa shape index (κ2) is 6.84. The van der Waals surface area contributed by atoms with Crippen molar-refractivity contribution < 1.29 is 9.47 Å². The van der Waals surface area contributed by atoms with Gasteiger partial charge >= 0.3 is 0 Å². The lowest BCUT2D eigenvalue weighted by atomic mass is 10.00. The molecule has 0 radical (unpaired) electrons. The minimum absolute atomic E-state index is 0.0632. The van der Waals surface area contributed by atoms with Crippen molar-refractivity contribution >= 4 is 31.9 Å². The SMILES string of the molecule is COc1ccc(C(Br)c2cc(C)cc(C)c2)c(OC)c1Br. The summed E-state index contributed by atoms with van der Waals surface area (Å²) in [4.78, 5) is 0.0632. The van der Waals surface area contributed by atoms with Gasteiger partial charge in [-0.3, -0.25) is 0 Å². The first-order chi connectivity index (χ1) is 9.97. The number of hydrogen-bond donors (Lipinski definition) is 0. The molecular formula is C17H18Br2O2. The third-order valence-electron chi connectivity index (χ3n) is 3.33. The summed E-state index contributed by atoms with van der Waals surface area (Å²) < 4.78 is 11.7. The van der Waals surface area contributed by atoms with Gasteiger partial charge in [-0.25, -0.2) is 0 Å². The number of ether oxygens (including phenoxy) is 2. The van der Waals surface area contributed by atoms with E-state index < -0.39 is 0 Å². The highest BCUT2D eigenvalue weighted by molar-refractivity contribution is 9.10. The first-order valence-corrected chi connectivity index (χ1v) is 8.31. The minimum atomic E-state index is 0.0632. The van der Waals surface area contributed by atoms with Crippen LogP contribution in [-0.2, 0) is 0 Å². The number of rotatable bonds is 4. The molecule has 0 spiro atoms. The van der Waals surface area contributed by atoms with Crippen molar-refractivity contribution in [3.8, 4) is 11.5 Å². The molecule has 0 bridgehead atoms. The van der Waals surface area contributed by atoms with Crippen LogP contribution in [0.1, 0.15) is 27.1 Å². The van der Waals surface area contributed by atoms with Gasteiger partial charge in [0.2, 0.25) is 0 Å². The topological polar surface area (TPSA) is 18.5 Å². The van der Waals surface area contributed by atoms with Crippen LogP contribution in [0.15, 0.2) is 34.8 Å². The molecule has 2 aromatic rings. The molecule has 2 aromatic carbocycles. The van der Waals surface area contributed by atoms with E-state index in [2.05, 4.69) is 63.9 Å². The number of benzene rings is 2. The van der Waals surface area contributed by atoms with E-state index >= 15 is 0 Å². The summed E-state index contributed by atoms with van der Waals surface area (Å²) in [5.74, 6) is 1.55. The Morgan fingerprint density at radius 1 is 0.952 bits per heavy atom. The third kappa shape index (κ3) is 3.43. The van der Waals surface area contributed by atoms with Gasteiger partial charge in [0.05, 0.1) is 19.0 Å². The maximum Gasteiger partial charge on any atom is 0.141 e. The zero-order valence-electron chi connectivity index (χ0n) is 12.5. The van der Waals surface area contributed by atoms with E-state index in [-0.39, 0.29) is 4.83 Å². The van der Waals surface area contributed by atoms with Crippen LogP contribution in [0.2, 0.25) is 0 Å². The molecule has 1 unspecified atom stereocenters. The van der Waals surface area contributed by atoms with Crippen molar-refractivity contribution in [3.05, 3.63) is 57.1 Å². The van der Waals surface area contributed by atoms with Gasteiger partial charge in [-0.05, 0) is 41.4 Å². The summed E-state index contributed by atoms with van der Waals surface area (Å²) in [6, 6.07) is 10.5. The van der Waals surface area contributed by atoms with E-state index in [1.54, 1.807) is 14.2 Å². The highest BCUT2D eigenvalue weighted by Gasteiger charge is 2.20. The molecule has 21 heavy (non-hydrogen) atoms. The van der Waals surface area contributed by atoms with Gasteiger partial charge in [-0.1, -0.05) is 51.3 Å². The Morgan fingerprint density at radius 2 is 1.57 bits per heavy atom. The lowest BCUT2D eigenvalue weighted by molar-refractivity contribution is 0.386. The number of methoxy groups -OCH3 is 2. The van der Waals surface area contributed by atoms with Crippen molar-refractivity contribution in [2.45, 2.75) is 18.7 Å². The van der Waals surface area contributed by atoms with Gasteiger partial charge in [0.15, 0.2) is 0 Å². The highest BCUT2D eigenvalue weighted by atomic mass is 79.9. The first-order valence-electron chi connectivity index (χ1n) is 6.60. The summed E-state index contributed by atoms with van der Waals surface area (Å²) in [6.07, 6.45) is 0. The molecule has 0 heterocycles. The number of halogens is 2. The maximum atomic E-state index is 5.56. The third-order valence-corrected chi connectivity index (χ3v) is 5.10. The lowest BCUT2D eigenvalue weighted by Gasteiger charge is -2.18. The number of hydrogen-bond acceptors (Lipinski definition) is 2. The van der Waals surface area contributed by atoms with E-state index in [9.17, 15) is 0 Å². The summed E-state index contributed by atoms with van der Waals surface area (Å²) in [7, 11) is 3.32. The molecule has 0 saturated carbocycles. The standard InChI is InChI=1S/C17H18Br2O2/c1-10-7-11(2)9-12(8-10)15(18)13-5-6-14(20-3)16(19)17(13)21-4/h5-9,15H,1-4H3. The van der Waals surface area contributed by atoms with E-state index in [0.717, 1.165) is 21.5 Å². The normalized spacial score (nSPS) is 12.1. The molecule has 0 aromatic heterocycles. The predicted molar refractivity (Wildman–Crippen MR) is 93.9 cm³/mol. The van der Waals surface area contributed by atoms with Crippen LogP contribution in [0, 0.1) is 13.8 Å². The maximum absolute atomic E-state index is 5.56. The molecule has 112 valence electrons. The fourth-order valence-corrected chi connectivity index (χ4v) is 3.76. The van der Waals surface area contributed by atoms with Gasteiger partial charge < -0.3 is 9.47 Å². The van der Waals surface area contributed by atoms with Crippen molar-refractivity contribution in [3.63, 3.8) is 0 Å². The average Bonchev–Trinajstić information content (AvgIpc) is 2.45. The first kappa shape index (κ1) is 16.4. The van der Waals surface area contributed by atoms with Gasteiger partial charge in [0.1, 0.15) is 16.0 Å². The Kier molecular flexibility index (Phi) is 5.33. The Balaban J connectivity index is 2.52. The van der Waals surface area contributed by atoms with Crippen molar-refractivity contribution in [1.82, 2.24) is 0 Å². The van der Waals surface area contributed by atoms with Crippen molar-refractivity contribution in [2.75, 3.05) is 14.2 Å². The molecule has 0 aliphatic carbocycles. The van der Waals surface area contributed by atoms with Crippen LogP contribution in [0.5, 0.6) is 11.5 Å². The molecular weight excluding hydrogens is 396 g/mol. The van der Waals surface area contributed by atoms with Crippen LogP contribution in [0.25, 0.3) is 0 Å². The van der Waals surface area contributed by atoms with Crippen LogP contribution in [-0.4, -0.2) is 14.2 Å². The van der Waals surface area contributed by atoms with Gasteiger partial charge in [0.25, 0.3) is 0 Å². The zero-order valence-corrected chi connectivity index (χ0v) is 15.7. The van der Waals surface area contributed by atoms with E-state index in [0.29, 0.717) is 0 Å². The number of alkyl halides is 1. The minimum Gasteiger partial charge on any atom is -0.495 e. The fourth-order valence-electron chi connectivity index (χ4n) is 2.45. The molecule has 4 heteroatoms. The van der Waals surface area contributed by atoms with Gasteiger partial charge in [-0.15, -0.1) is 0 Å². The van der Waals surface area contributed by atoms with E-state index in [1.807, 2.05) is 12.1 Å². The molecule has 0 saturated heterocycles. The summed E-state index contributed by atoms with van der Waals surface area (Å²) in [6.45, 7) is 4.22. The molecule has 1 atom stereocenters. The van der Waals surface area contributed by atoms with E-state index in [1.165, 1.54) is 16.7 Å². The van der Waals surface area contributed by atoms with Crippen molar-refractivity contribution in [1.29, 1.82) is 0 Å². The molecule has 2 rings (SSSR count). The van der Waals surface area contributed by atoms with Crippen LogP contribution in [0.3, 0.4) is 0 Å². The fraction of sp³-hybridized carbons (Fsp3) is 0.294. The zero-order chi connectivity index (χ0) is 15.6. The molecule has 2 nitrogen and oxygen atoms in total. The summed E-state index contributed by atoms with van der Waals surface area (Å²) in [5.41, 5.74) is 4.78. The second-order valence-corrected chi connectivity index (χ2v) is 6.70. The summed E-state index contributed by atoms with van der Waals surface area (Å²) in [5, 5.41) is 0. The Morgan fingerprint density at radius 3 is 2.10 bits per heavy atom. The van der Waals surface area contributed by atoms with Gasteiger partial charge in [0, 0.05) is 5.56 Å². The molecule has 0 amide bonds. The average molecular weight is 414 g/mol. The van der Waals surface area contributed by atoms with Crippen LogP contribution in [0.4, 0.5) is 0 Å². The Bertz CT molecular complexity index is 633. The van der Waals surface area contributed by atoms with E-state index in [4.69, 9.17) is 9.47 Å². The van der Waals surface area contributed by atoms with Crippen LogP contribution < -0.4 is 9.47 Å². The molecule has 0 N–H and O–H groups in total. The molecule has 0 fully saturated rings. The Labute approximate surface area is 142 Å². The summed E-state index contributed by atoms with van der Waals surface area (Å²) >= 11 is 7.34. The highest BCUT2D eigenvalue weighted by Crippen LogP contribution is 2.44. The number of aryl methyl sites for hydroxylation is 2. The lowest BCUT2D eigenvalue weighted by Crippen LogP contribution is -2.00. The smallest absolute Gasteiger partial charge is 0.141 e.